The van der Waals surface area contributed by atoms with Crippen molar-refractivity contribution >= 4 is 23.6 Å². The predicted octanol–water partition coefficient (Wildman–Crippen LogP) is 5.50. The van der Waals surface area contributed by atoms with E-state index in [1.54, 1.807) is 11.8 Å². The van der Waals surface area contributed by atoms with E-state index < -0.39 is 0 Å². The molecular weight excluding hydrogens is 428 g/mol. The Labute approximate surface area is 203 Å². The molecule has 2 saturated carbocycles. The Morgan fingerprint density at radius 3 is 2.70 bits per heavy atom. The lowest BCUT2D eigenvalue weighted by Gasteiger charge is -2.58. The van der Waals surface area contributed by atoms with Gasteiger partial charge in [-0.1, -0.05) is 38.1 Å². The summed E-state index contributed by atoms with van der Waals surface area (Å²) in [6.07, 6.45) is 10.2. The number of piperidine rings is 1. The molecule has 0 bridgehead atoms. The van der Waals surface area contributed by atoms with Gasteiger partial charge in [0.15, 0.2) is 0 Å². The second-order valence-corrected chi connectivity index (χ2v) is 12.3. The summed E-state index contributed by atoms with van der Waals surface area (Å²) in [6.45, 7) is 5.75. The van der Waals surface area contributed by atoms with Crippen LogP contribution in [0.1, 0.15) is 58.8 Å². The molecule has 1 aliphatic heterocycles. The standard InChI is InChI=1S/C28H38N2O2S/c1-27-15-13-23-21(10-12-24-28(23,2)16-14-26(32)30(24)3)22(27)11-9-19(27)17-29-25(31)18-33-20-7-5-4-6-8-20/h4-8,12,19,21-23H,9-11,13-18H2,1-3H3,(H,29,31)/t19?,21-,22-,23+,27+,28+/m0/s1. The number of amides is 2. The fourth-order valence-corrected chi connectivity index (χ4v) is 8.73. The maximum Gasteiger partial charge on any atom is 0.230 e. The van der Waals surface area contributed by atoms with Crippen LogP contribution < -0.4 is 5.32 Å². The van der Waals surface area contributed by atoms with E-state index in [1.165, 1.54) is 31.4 Å². The molecule has 33 heavy (non-hydrogen) atoms. The van der Waals surface area contributed by atoms with Crippen LogP contribution >= 0.6 is 11.8 Å². The van der Waals surface area contributed by atoms with Crippen molar-refractivity contribution in [2.75, 3.05) is 19.3 Å². The number of carbonyl (C=O) groups is 2. The Balaban J connectivity index is 1.23. The quantitative estimate of drug-likeness (QED) is 0.583. The van der Waals surface area contributed by atoms with E-state index >= 15 is 0 Å². The number of nitrogens with zero attached hydrogens (tertiary/aromatic N) is 1. The van der Waals surface area contributed by atoms with Gasteiger partial charge in [0.1, 0.15) is 0 Å². The van der Waals surface area contributed by atoms with Crippen molar-refractivity contribution in [3.63, 3.8) is 0 Å². The van der Waals surface area contributed by atoms with Crippen LogP contribution in [0, 0.1) is 34.5 Å². The molecule has 6 atom stereocenters. The molecule has 1 aromatic rings. The van der Waals surface area contributed by atoms with Crippen molar-refractivity contribution in [3.05, 3.63) is 42.1 Å². The molecule has 0 aromatic heterocycles. The Kier molecular flexibility index (Phi) is 6.13. The Hall–Kier alpha value is -1.75. The van der Waals surface area contributed by atoms with Gasteiger partial charge in [0.05, 0.1) is 5.75 Å². The van der Waals surface area contributed by atoms with Gasteiger partial charge in [0.25, 0.3) is 0 Å². The van der Waals surface area contributed by atoms with Gasteiger partial charge < -0.3 is 10.2 Å². The second-order valence-electron chi connectivity index (χ2n) is 11.3. The zero-order valence-electron chi connectivity index (χ0n) is 20.3. The van der Waals surface area contributed by atoms with Crippen LogP contribution in [0.5, 0.6) is 0 Å². The summed E-state index contributed by atoms with van der Waals surface area (Å²) >= 11 is 1.61. The highest BCUT2D eigenvalue weighted by Gasteiger charge is 2.59. The minimum atomic E-state index is 0.147. The van der Waals surface area contributed by atoms with Gasteiger partial charge >= 0.3 is 0 Å². The molecule has 1 heterocycles. The number of fused-ring (bicyclic) bond motifs is 5. The average molecular weight is 467 g/mol. The Morgan fingerprint density at radius 1 is 1.12 bits per heavy atom. The molecular formula is C28H38N2O2S. The number of hydrogen-bond donors (Lipinski definition) is 1. The van der Waals surface area contributed by atoms with Crippen LogP contribution in [0.3, 0.4) is 0 Å². The first-order chi connectivity index (χ1) is 15.8. The number of benzene rings is 1. The fourth-order valence-electron chi connectivity index (χ4n) is 7.98. The largest absolute Gasteiger partial charge is 0.355 e. The molecule has 0 radical (unpaired) electrons. The molecule has 178 valence electrons. The smallest absolute Gasteiger partial charge is 0.230 e. The van der Waals surface area contributed by atoms with E-state index in [-0.39, 0.29) is 17.2 Å². The first kappa shape index (κ1) is 23.0. The number of likely N-dealkylation sites (tertiary alicyclic amines) is 1. The molecule has 1 N–H and O–H groups in total. The van der Waals surface area contributed by atoms with Gasteiger partial charge in [0, 0.05) is 36.0 Å². The third-order valence-electron chi connectivity index (χ3n) is 9.87. The molecule has 0 spiro atoms. The second kappa shape index (κ2) is 8.79. The maximum absolute atomic E-state index is 12.6. The minimum absolute atomic E-state index is 0.147. The SMILES string of the molecule is CN1C(=O)CC[C@@]2(C)C1=CC[C@@H]1[C@H]2CC[C@]2(C)C(CNC(=O)CSc3ccccc3)CC[C@@H]12. The number of allylic oxidation sites excluding steroid dienone is 2. The van der Waals surface area contributed by atoms with Gasteiger partial charge in [-0.05, 0) is 79.7 Å². The maximum atomic E-state index is 12.6. The summed E-state index contributed by atoms with van der Waals surface area (Å²) in [5.74, 6) is 3.62. The molecule has 1 unspecified atom stereocenters. The third-order valence-corrected chi connectivity index (χ3v) is 10.9. The molecule has 1 aromatic carbocycles. The van der Waals surface area contributed by atoms with E-state index in [1.807, 2.05) is 30.1 Å². The van der Waals surface area contributed by atoms with Gasteiger partial charge in [-0.2, -0.15) is 0 Å². The summed E-state index contributed by atoms with van der Waals surface area (Å²) in [5, 5.41) is 3.27. The summed E-state index contributed by atoms with van der Waals surface area (Å²) < 4.78 is 0. The van der Waals surface area contributed by atoms with E-state index in [4.69, 9.17) is 0 Å². The predicted molar refractivity (Wildman–Crippen MR) is 134 cm³/mol. The normalized spacial score (nSPS) is 37.6. The van der Waals surface area contributed by atoms with E-state index in [2.05, 4.69) is 37.4 Å². The van der Waals surface area contributed by atoms with E-state index in [0.717, 1.165) is 30.2 Å². The average Bonchev–Trinajstić information content (AvgIpc) is 3.16. The summed E-state index contributed by atoms with van der Waals surface area (Å²) in [4.78, 5) is 28.0. The summed E-state index contributed by atoms with van der Waals surface area (Å²) in [7, 11) is 1.98. The van der Waals surface area contributed by atoms with Gasteiger partial charge in [-0.3, -0.25) is 9.59 Å². The van der Waals surface area contributed by atoms with Crippen molar-refractivity contribution < 1.29 is 9.59 Å². The lowest BCUT2D eigenvalue weighted by atomic mass is 9.49. The van der Waals surface area contributed by atoms with Crippen LogP contribution in [0.15, 0.2) is 47.0 Å². The van der Waals surface area contributed by atoms with Gasteiger partial charge in [-0.25, -0.2) is 0 Å². The summed E-state index contributed by atoms with van der Waals surface area (Å²) in [6, 6.07) is 10.2. The van der Waals surface area contributed by atoms with Gasteiger partial charge in [0.2, 0.25) is 11.8 Å². The van der Waals surface area contributed by atoms with Crippen molar-refractivity contribution in [3.8, 4) is 0 Å². The number of hydrogen-bond acceptors (Lipinski definition) is 3. The molecule has 4 aliphatic rings. The molecule has 3 aliphatic carbocycles. The van der Waals surface area contributed by atoms with Crippen LogP contribution in [-0.2, 0) is 9.59 Å². The lowest BCUT2D eigenvalue weighted by Crippen LogP contribution is -2.54. The molecule has 3 fully saturated rings. The van der Waals surface area contributed by atoms with E-state index in [9.17, 15) is 9.59 Å². The zero-order valence-corrected chi connectivity index (χ0v) is 21.1. The highest BCUT2D eigenvalue weighted by molar-refractivity contribution is 8.00. The van der Waals surface area contributed by atoms with Crippen molar-refractivity contribution in [2.45, 2.75) is 63.7 Å². The van der Waals surface area contributed by atoms with Crippen LogP contribution in [0.4, 0.5) is 0 Å². The molecule has 4 nitrogen and oxygen atoms in total. The number of nitrogens with one attached hydrogen (secondary N) is 1. The Morgan fingerprint density at radius 2 is 1.91 bits per heavy atom. The molecule has 1 saturated heterocycles. The molecule has 5 rings (SSSR count). The third kappa shape index (κ3) is 3.94. The van der Waals surface area contributed by atoms with Crippen LogP contribution in [-0.4, -0.2) is 36.1 Å². The number of thioether (sulfide) groups is 1. The first-order valence-electron chi connectivity index (χ1n) is 12.7. The van der Waals surface area contributed by atoms with Crippen molar-refractivity contribution in [1.29, 1.82) is 0 Å². The minimum Gasteiger partial charge on any atom is -0.355 e. The van der Waals surface area contributed by atoms with Gasteiger partial charge in [-0.15, -0.1) is 11.8 Å². The first-order valence-corrected chi connectivity index (χ1v) is 13.7. The van der Waals surface area contributed by atoms with Crippen LogP contribution in [0.25, 0.3) is 0 Å². The van der Waals surface area contributed by atoms with E-state index in [0.29, 0.717) is 35.3 Å². The number of carbonyl (C=O) groups excluding carboxylic acids is 2. The highest BCUT2D eigenvalue weighted by atomic mass is 32.2. The summed E-state index contributed by atoms with van der Waals surface area (Å²) in [5.41, 5.74) is 1.76. The molecule has 2 amide bonds. The Bertz CT molecular complexity index is 946. The highest BCUT2D eigenvalue weighted by Crippen LogP contribution is 2.65. The lowest BCUT2D eigenvalue weighted by molar-refractivity contribution is -0.136. The number of rotatable bonds is 5. The monoisotopic (exact) mass is 466 g/mol. The molecule has 5 heteroatoms. The fraction of sp³-hybridized carbons (Fsp3) is 0.643. The van der Waals surface area contributed by atoms with Crippen LogP contribution in [0.2, 0.25) is 0 Å². The topological polar surface area (TPSA) is 49.4 Å². The van der Waals surface area contributed by atoms with Crippen molar-refractivity contribution in [2.24, 2.45) is 34.5 Å². The zero-order chi connectivity index (χ0) is 23.2. The van der Waals surface area contributed by atoms with Crippen molar-refractivity contribution in [1.82, 2.24) is 10.2 Å².